The molecule has 3 heterocycles. The van der Waals surface area contributed by atoms with Gasteiger partial charge in [-0.25, -0.2) is 17.6 Å². The molecule has 0 unspecified atom stereocenters. The molecule has 10 nitrogen and oxygen atoms in total. The van der Waals surface area contributed by atoms with Crippen LogP contribution in [0.2, 0.25) is 0 Å². The average molecular weight is 615 g/mol. The van der Waals surface area contributed by atoms with Crippen LogP contribution < -0.4 is 15.4 Å². The summed E-state index contributed by atoms with van der Waals surface area (Å²) >= 11 is 1.94. The second-order valence-corrected chi connectivity index (χ2v) is 10.9. The zero-order chi connectivity index (χ0) is 25.2. The highest BCUT2D eigenvalue weighted by molar-refractivity contribution is 14.1. The maximum absolute atomic E-state index is 13.4. The van der Waals surface area contributed by atoms with E-state index in [1.165, 1.54) is 31.3 Å². The van der Waals surface area contributed by atoms with Crippen LogP contribution in [0.5, 0.6) is 0 Å². The Hall–Kier alpha value is -2.94. The fourth-order valence-corrected chi connectivity index (χ4v) is 5.63. The van der Waals surface area contributed by atoms with Gasteiger partial charge in [0, 0.05) is 32.2 Å². The molecule has 0 bridgehead atoms. The summed E-state index contributed by atoms with van der Waals surface area (Å²) < 4.78 is 47.5. The predicted molar refractivity (Wildman–Crippen MR) is 137 cm³/mol. The summed E-state index contributed by atoms with van der Waals surface area (Å²) in [5.74, 6) is -0.700. The number of aromatic nitrogens is 1. The number of halogens is 2. The van der Waals surface area contributed by atoms with Crippen molar-refractivity contribution in [2.75, 3.05) is 37.2 Å². The zero-order valence-electron chi connectivity index (χ0n) is 18.7. The standard InChI is InChI=1S/C22H23FIN5O5S/c1-25-20(30)17-15-12-16(24)19(27-21(15)34-18(17)13-4-6-14(23)7-5-13)28-35(32,33)11-3-2-9-29-10-8-26-22(29)31/h4-7,12H,2-3,8-11H2,1H3,(H,25,30)(H,26,31)(H,27,28). The molecule has 0 radical (unpaired) electrons. The van der Waals surface area contributed by atoms with Gasteiger partial charge in [-0.2, -0.15) is 4.98 Å². The van der Waals surface area contributed by atoms with Crippen LogP contribution in [-0.4, -0.2) is 62.7 Å². The number of unbranched alkanes of at least 4 members (excludes halogenated alkanes) is 1. The Bertz CT molecular complexity index is 1380. The maximum Gasteiger partial charge on any atom is 0.317 e. The fraction of sp³-hybridized carbons (Fsp3) is 0.318. The second kappa shape index (κ2) is 10.4. The van der Waals surface area contributed by atoms with Crippen LogP contribution in [0, 0.1) is 9.39 Å². The monoisotopic (exact) mass is 615 g/mol. The van der Waals surface area contributed by atoms with Crippen molar-refractivity contribution in [2.24, 2.45) is 0 Å². The van der Waals surface area contributed by atoms with Crippen LogP contribution in [0.15, 0.2) is 34.7 Å². The third kappa shape index (κ3) is 5.66. The molecule has 1 fully saturated rings. The molecule has 35 heavy (non-hydrogen) atoms. The third-order valence-electron chi connectivity index (χ3n) is 5.49. The van der Waals surface area contributed by atoms with Crippen molar-refractivity contribution in [3.63, 3.8) is 0 Å². The molecule has 0 saturated carbocycles. The molecule has 3 amide bonds. The van der Waals surface area contributed by atoms with Crippen LogP contribution in [0.25, 0.3) is 22.4 Å². The van der Waals surface area contributed by atoms with Crippen molar-refractivity contribution in [1.82, 2.24) is 20.5 Å². The summed E-state index contributed by atoms with van der Waals surface area (Å²) in [5.41, 5.74) is 0.771. The summed E-state index contributed by atoms with van der Waals surface area (Å²) in [4.78, 5) is 30.2. The minimum absolute atomic E-state index is 0.0705. The maximum atomic E-state index is 13.4. The molecule has 0 aliphatic carbocycles. The van der Waals surface area contributed by atoms with Gasteiger partial charge in [-0.3, -0.25) is 9.52 Å². The molecular weight excluding hydrogens is 592 g/mol. The van der Waals surface area contributed by atoms with Gasteiger partial charge in [-0.15, -0.1) is 0 Å². The van der Waals surface area contributed by atoms with Crippen molar-refractivity contribution in [3.05, 3.63) is 45.3 Å². The molecule has 3 N–H and O–H groups in total. The van der Waals surface area contributed by atoms with Crippen LogP contribution >= 0.6 is 22.6 Å². The lowest BCUT2D eigenvalue weighted by molar-refractivity contribution is 0.0964. The van der Waals surface area contributed by atoms with E-state index in [0.29, 0.717) is 47.0 Å². The molecule has 3 aromatic rings. The minimum atomic E-state index is -3.72. The van der Waals surface area contributed by atoms with Crippen molar-refractivity contribution in [3.8, 4) is 11.3 Å². The number of benzene rings is 1. The number of pyridine rings is 1. The van der Waals surface area contributed by atoms with Gasteiger partial charge in [0.2, 0.25) is 15.7 Å². The molecule has 4 rings (SSSR count). The van der Waals surface area contributed by atoms with Gasteiger partial charge in [0.25, 0.3) is 5.91 Å². The molecule has 1 aliphatic rings. The number of sulfonamides is 1. The van der Waals surface area contributed by atoms with E-state index < -0.39 is 21.7 Å². The summed E-state index contributed by atoms with van der Waals surface area (Å²) in [6, 6.07) is 6.96. The highest BCUT2D eigenvalue weighted by Crippen LogP contribution is 2.35. The quantitative estimate of drug-likeness (QED) is 0.250. The summed E-state index contributed by atoms with van der Waals surface area (Å²) in [6.45, 7) is 1.71. The van der Waals surface area contributed by atoms with Gasteiger partial charge in [0.15, 0.2) is 5.82 Å². The highest BCUT2D eigenvalue weighted by atomic mass is 127. The van der Waals surface area contributed by atoms with Gasteiger partial charge in [0.05, 0.1) is 20.3 Å². The smallest absolute Gasteiger partial charge is 0.317 e. The highest BCUT2D eigenvalue weighted by Gasteiger charge is 2.25. The molecule has 1 saturated heterocycles. The number of anilines is 1. The van der Waals surface area contributed by atoms with E-state index in [-0.39, 0.29) is 34.6 Å². The topological polar surface area (TPSA) is 134 Å². The Morgan fingerprint density at radius 3 is 2.69 bits per heavy atom. The van der Waals surface area contributed by atoms with Gasteiger partial charge >= 0.3 is 6.03 Å². The Balaban J connectivity index is 1.55. The van der Waals surface area contributed by atoms with E-state index in [2.05, 4.69) is 20.3 Å². The SMILES string of the molecule is CNC(=O)c1c(-c2ccc(F)cc2)oc2nc(NS(=O)(=O)CCCCN3CCNC3=O)c(I)cc12. The third-order valence-corrected chi connectivity index (χ3v) is 7.64. The molecule has 186 valence electrons. The number of nitrogens with zero attached hydrogens (tertiary/aromatic N) is 2. The lowest BCUT2D eigenvalue weighted by Crippen LogP contribution is -2.29. The molecule has 2 aromatic heterocycles. The molecule has 0 atom stereocenters. The normalized spacial score (nSPS) is 13.8. The van der Waals surface area contributed by atoms with Crippen molar-refractivity contribution in [1.29, 1.82) is 0 Å². The van der Waals surface area contributed by atoms with Crippen LogP contribution in [0.3, 0.4) is 0 Å². The van der Waals surface area contributed by atoms with Gasteiger partial charge in [-0.05, 0) is 65.8 Å². The van der Waals surface area contributed by atoms with Crippen LogP contribution in [0.1, 0.15) is 23.2 Å². The van der Waals surface area contributed by atoms with Crippen molar-refractivity contribution >= 4 is 61.5 Å². The van der Waals surface area contributed by atoms with E-state index in [0.717, 1.165) is 0 Å². The van der Waals surface area contributed by atoms with E-state index >= 15 is 0 Å². The number of hydrogen-bond acceptors (Lipinski definition) is 6. The first-order valence-electron chi connectivity index (χ1n) is 10.8. The zero-order valence-corrected chi connectivity index (χ0v) is 21.7. The number of carbonyl (C=O) groups excluding carboxylic acids is 2. The minimum Gasteiger partial charge on any atom is -0.437 e. The number of furan rings is 1. The first-order valence-corrected chi connectivity index (χ1v) is 13.6. The fourth-order valence-electron chi connectivity index (χ4n) is 3.74. The number of nitrogens with one attached hydrogen (secondary N) is 3. The number of carbonyl (C=O) groups is 2. The summed E-state index contributed by atoms with van der Waals surface area (Å²) in [5, 5.41) is 5.67. The average Bonchev–Trinajstić information content (AvgIpc) is 3.39. The number of urea groups is 1. The van der Waals surface area contributed by atoms with E-state index in [9.17, 15) is 22.4 Å². The van der Waals surface area contributed by atoms with Gasteiger partial charge < -0.3 is 20.0 Å². The Morgan fingerprint density at radius 2 is 2.03 bits per heavy atom. The summed E-state index contributed by atoms with van der Waals surface area (Å²) in [7, 11) is -2.24. The largest absolute Gasteiger partial charge is 0.437 e. The first-order chi connectivity index (χ1) is 16.7. The van der Waals surface area contributed by atoms with Gasteiger partial charge in [0.1, 0.15) is 11.6 Å². The van der Waals surface area contributed by atoms with Gasteiger partial charge in [-0.1, -0.05) is 0 Å². The number of hydrogen-bond donors (Lipinski definition) is 3. The molecule has 13 heteroatoms. The van der Waals surface area contributed by atoms with E-state index in [1.807, 2.05) is 22.6 Å². The van der Waals surface area contributed by atoms with Crippen LogP contribution in [-0.2, 0) is 10.0 Å². The number of amides is 3. The second-order valence-electron chi connectivity index (χ2n) is 7.91. The number of rotatable bonds is 9. The van der Waals surface area contributed by atoms with Crippen molar-refractivity contribution in [2.45, 2.75) is 12.8 Å². The lowest BCUT2D eigenvalue weighted by Gasteiger charge is -2.14. The van der Waals surface area contributed by atoms with Crippen molar-refractivity contribution < 1.29 is 26.8 Å². The Morgan fingerprint density at radius 1 is 1.29 bits per heavy atom. The molecular formula is C22H23FIN5O5S. The first kappa shape index (κ1) is 25.2. The number of fused-ring (bicyclic) bond motifs is 1. The van der Waals surface area contributed by atoms with Crippen LogP contribution in [0.4, 0.5) is 15.0 Å². The molecule has 1 aliphatic heterocycles. The predicted octanol–water partition coefficient (Wildman–Crippen LogP) is 3.15. The lowest BCUT2D eigenvalue weighted by atomic mass is 10.1. The molecule has 1 aromatic carbocycles. The van der Waals surface area contributed by atoms with E-state index in [4.69, 9.17) is 4.42 Å². The van der Waals surface area contributed by atoms with E-state index in [1.54, 1.807) is 11.0 Å². The molecule has 0 spiro atoms. The Kier molecular flexibility index (Phi) is 7.44. The summed E-state index contributed by atoms with van der Waals surface area (Å²) in [6.07, 6.45) is 0.917. The Labute approximate surface area is 214 Å².